The Labute approximate surface area is 319 Å². The fourth-order valence-corrected chi connectivity index (χ4v) is 6.51. The number of carbonyl (C=O) groups is 5. The molecule has 1 aliphatic rings. The fraction of sp³-hybridized carbons (Fsp3) is 0.472. The molecule has 13 N–H and O–H groups in total. The van der Waals surface area contributed by atoms with Gasteiger partial charge < -0.3 is 48.5 Å². The first kappa shape index (κ1) is 44.7. The van der Waals surface area contributed by atoms with Crippen LogP contribution in [-0.4, -0.2) is 90.3 Å². The Morgan fingerprint density at radius 1 is 0.909 bits per heavy atom. The number of carbonyl (C=O) groups excluding carboxylic acids is 5. The van der Waals surface area contributed by atoms with Gasteiger partial charge >= 0.3 is 7.82 Å². The van der Waals surface area contributed by atoms with Crippen molar-refractivity contribution < 1.29 is 47.6 Å². The van der Waals surface area contributed by atoms with E-state index in [-0.39, 0.29) is 25.0 Å². The first-order chi connectivity index (χ1) is 26.1. The number of hydrogen-bond donors (Lipinski definition) is 10. The normalized spacial score (nSPS) is 18.1. The summed E-state index contributed by atoms with van der Waals surface area (Å²) in [7, 11) is -3.56. The van der Waals surface area contributed by atoms with Gasteiger partial charge in [-0.25, -0.2) is 4.57 Å². The minimum atomic E-state index is -4.53. The highest BCUT2D eigenvalue weighted by atomic mass is 31.2. The van der Waals surface area contributed by atoms with Crippen LogP contribution in [0.15, 0.2) is 66.2 Å². The summed E-state index contributed by atoms with van der Waals surface area (Å²) in [5.74, 6) is -3.76. The van der Waals surface area contributed by atoms with E-state index in [1.165, 1.54) is 19.1 Å². The van der Waals surface area contributed by atoms with Gasteiger partial charge in [-0.2, -0.15) is 0 Å². The van der Waals surface area contributed by atoms with Crippen LogP contribution < -0.4 is 43.8 Å². The van der Waals surface area contributed by atoms with Crippen LogP contribution in [0.5, 0.6) is 5.75 Å². The molecule has 0 radical (unpaired) electrons. The molecule has 19 heteroatoms. The lowest BCUT2D eigenvalue weighted by Gasteiger charge is -2.26. The molecule has 55 heavy (non-hydrogen) atoms. The predicted octanol–water partition coefficient (Wildman–Crippen LogP) is -0.317. The van der Waals surface area contributed by atoms with Crippen molar-refractivity contribution >= 4 is 37.4 Å². The van der Waals surface area contributed by atoms with Crippen molar-refractivity contribution in [2.24, 2.45) is 23.1 Å². The molecule has 0 spiro atoms. The number of aromatic hydroxyl groups is 1. The summed E-state index contributed by atoms with van der Waals surface area (Å²) in [5.41, 5.74) is 18.4. The molecule has 0 saturated heterocycles. The molecule has 6 atom stereocenters. The summed E-state index contributed by atoms with van der Waals surface area (Å²) in [4.78, 5) is 75.5. The highest BCUT2D eigenvalue weighted by Crippen LogP contribution is 2.42. The molecule has 2 aromatic carbocycles. The molecule has 0 aliphatic heterocycles. The number of primary amides is 1. The maximum atomic E-state index is 14.1. The van der Waals surface area contributed by atoms with Gasteiger partial charge in [0.1, 0.15) is 30.2 Å². The molecule has 1 aliphatic carbocycles. The molecule has 0 aromatic heterocycles. The summed E-state index contributed by atoms with van der Waals surface area (Å²) < 4.78 is 22.0. The van der Waals surface area contributed by atoms with E-state index in [0.717, 1.165) is 12.7 Å². The van der Waals surface area contributed by atoms with Crippen LogP contribution >= 0.6 is 7.82 Å². The van der Waals surface area contributed by atoms with E-state index in [9.17, 15) is 38.5 Å². The lowest BCUT2D eigenvalue weighted by molar-refractivity contribution is -0.131. The molecular weight excluding hydrogens is 735 g/mol. The van der Waals surface area contributed by atoms with Crippen LogP contribution in [0.25, 0.3) is 0 Å². The number of amides is 5. The van der Waals surface area contributed by atoms with Gasteiger partial charge in [0, 0.05) is 26.9 Å². The summed E-state index contributed by atoms with van der Waals surface area (Å²) in [6, 6.07) is 10.6. The molecule has 0 heterocycles. The topological polar surface area (TPSA) is 300 Å². The Balaban J connectivity index is 1.88. The SMILES string of the molecule is COP(=O)(O)OC[C@@H](/C=C1/CCC[C@H]1C(=O)N[C@@H](CCCNC(N)N)C(N)=O)NC(=O)[C@H](Cc1ccc(O)cc1)NC(=O)[C@H](Cc1ccccc1)NC(C)=O. The van der Waals surface area contributed by atoms with Gasteiger partial charge in [-0.05, 0) is 61.9 Å². The number of phenols is 1. The average Bonchev–Trinajstić information content (AvgIpc) is 3.60. The molecule has 1 unspecified atom stereocenters. The number of phenolic OH excluding ortho intramolecular Hbond substituents is 1. The van der Waals surface area contributed by atoms with Gasteiger partial charge in [0.15, 0.2) is 0 Å². The zero-order valence-corrected chi connectivity index (χ0v) is 31.8. The molecule has 1 fully saturated rings. The van der Waals surface area contributed by atoms with Gasteiger partial charge in [-0.15, -0.1) is 0 Å². The van der Waals surface area contributed by atoms with Gasteiger partial charge in [0.05, 0.1) is 18.6 Å². The fourth-order valence-electron chi connectivity index (χ4n) is 6.06. The van der Waals surface area contributed by atoms with Gasteiger partial charge in [-0.1, -0.05) is 54.1 Å². The zero-order chi connectivity index (χ0) is 40.5. The van der Waals surface area contributed by atoms with Crippen LogP contribution in [0.2, 0.25) is 0 Å². The number of rotatable bonds is 22. The van der Waals surface area contributed by atoms with E-state index in [1.807, 2.05) is 6.07 Å². The first-order valence-corrected chi connectivity index (χ1v) is 19.3. The van der Waals surface area contributed by atoms with Gasteiger partial charge in [0.2, 0.25) is 29.5 Å². The lowest BCUT2D eigenvalue weighted by Crippen LogP contribution is -2.56. The van der Waals surface area contributed by atoms with E-state index in [0.29, 0.717) is 43.4 Å². The standard InChI is InChI=1S/C36H53N8O10P/c1-22(45)41-30(18-23-8-4-3-5-9-23)35(50)44-31(19-24-13-15-27(46)16-14-24)34(49)42-26(21-54-55(51,52)53-2)20-25-10-6-11-28(25)33(48)43-29(32(37)47)12-7-17-40-36(38)39/h3-5,8-9,13-16,20,26,28-31,36,40,46H,6-7,10-12,17-19,21,38-39H2,1-2H3,(H2,37,47)(H,41,45)(H,42,49)(H,43,48)(H,44,50)(H,51,52)/b25-20-/t26-,28-,29+,30+,31+/m1/s1. The zero-order valence-electron chi connectivity index (χ0n) is 30.9. The van der Waals surface area contributed by atoms with E-state index < -0.39 is 80.3 Å². The Hall–Kier alpha value is -4.68. The highest BCUT2D eigenvalue weighted by molar-refractivity contribution is 7.47. The van der Waals surface area contributed by atoms with Gasteiger partial charge in [0.25, 0.3) is 0 Å². The molecule has 0 bridgehead atoms. The van der Waals surface area contributed by atoms with Crippen molar-refractivity contribution in [3.8, 4) is 5.75 Å². The van der Waals surface area contributed by atoms with Crippen molar-refractivity contribution in [3.05, 3.63) is 77.4 Å². The third-order valence-corrected chi connectivity index (χ3v) is 9.75. The van der Waals surface area contributed by atoms with Crippen molar-refractivity contribution in [2.75, 3.05) is 20.3 Å². The van der Waals surface area contributed by atoms with Crippen molar-refractivity contribution in [3.63, 3.8) is 0 Å². The number of benzene rings is 2. The number of hydrogen-bond acceptors (Lipinski definition) is 12. The quantitative estimate of drug-likeness (QED) is 0.0317. The van der Waals surface area contributed by atoms with Crippen LogP contribution in [0.4, 0.5) is 0 Å². The van der Waals surface area contributed by atoms with Crippen LogP contribution in [-0.2, 0) is 50.4 Å². The number of phosphoric acid groups is 1. The average molecular weight is 789 g/mol. The number of phosphoric ester groups is 1. The molecule has 302 valence electrons. The van der Waals surface area contributed by atoms with Gasteiger partial charge in [-0.3, -0.25) is 38.3 Å². The maximum Gasteiger partial charge on any atom is 0.471 e. The Bertz CT molecular complexity index is 1680. The molecule has 2 aromatic rings. The number of nitrogens with two attached hydrogens (primary N) is 3. The minimum Gasteiger partial charge on any atom is -0.508 e. The second kappa shape index (κ2) is 22.0. The summed E-state index contributed by atoms with van der Waals surface area (Å²) >= 11 is 0. The van der Waals surface area contributed by atoms with Crippen molar-refractivity contribution in [1.29, 1.82) is 0 Å². The molecule has 5 amide bonds. The molecular formula is C36H53N8O10P. The summed E-state index contributed by atoms with van der Waals surface area (Å²) in [6.45, 7) is 1.10. The maximum absolute atomic E-state index is 14.1. The third-order valence-electron chi connectivity index (χ3n) is 8.81. The van der Waals surface area contributed by atoms with Crippen LogP contribution in [0.3, 0.4) is 0 Å². The van der Waals surface area contributed by atoms with E-state index in [1.54, 1.807) is 42.5 Å². The molecule has 1 saturated carbocycles. The molecule has 18 nitrogen and oxygen atoms in total. The Morgan fingerprint density at radius 3 is 2.13 bits per heavy atom. The first-order valence-electron chi connectivity index (χ1n) is 17.8. The van der Waals surface area contributed by atoms with Crippen molar-refractivity contribution in [2.45, 2.75) is 82.3 Å². The monoisotopic (exact) mass is 788 g/mol. The largest absolute Gasteiger partial charge is 0.508 e. The van der Waals surface area contributed by atoms with Crippen LogP contribution in [0.1, 0.15) is 50.2 Å². The molecule has 3 rings (SSSR count). The second-order valence-electron chi connectivity index (χ2n) is 13.2. The minimum absolute atomic E-state index is 0.0107. The Morgan fingerprint density at radius 2 is 1.53 bits per heavy atom. The lowest BCUT2D eigenvalue weighted by atomic mass is 9.98. The van der Waals surface area contributed by atoms with E-state index >= 15 is 0 Å². The Kier molecular flexibility index (Phi) is 17.9. The summed E-state index contributed by atoms with van der Waals surface area (Å²) in [5, 5.41) is 23.5. The van der Waals surface area contributed by atoms with Crippen molar-refractivity contribution in [1.82, 2.24) is 26.6 Å². The summed E-state index contributed by atoms with van der Waals surface area (Å²) in [6.07, 6.45) is 2.98. The highest BCUT2D eigenvalue weighted by Gasteiger charge is 2.33. The van der Waals surface area contributed by atoms with E-state index in [2.05, 4.69) is 31.1 Å². The van der Waals surface area contributed by atoms with E-state index in [4.69, 9.17) is 21.7 Å². The number of nitrogens with one attached hydrogen (secondary N) is 5. The smallest absolute Gasteiger partial charge is 0.471 e. The predicted molar refractivity (Wildman–Crippen MR) is 202 cm³/mol. The second-order valence-corrected chi connectivity index (χ2v) is 14.8. The third kappa shape index (κ3) is 15.9. The van der Waals surface area contributed by atoms with Crippen LogP contribution in [0, 0.1) is 5.92 Å².